The largest absolute Gasteiger partial charge is 0.497 e. The van der Waals surface area contributed by atoms with Crippen molar-refractivity contribution in [1.82, 2.24) is 24.9 Å². The zero-order valence-corrected chi connectivity index (χ0v) is 17.4. The average Bonchev–Trinajstić information content (AvgIpc) is 3.42. The Hall–Kier alpha value is -3.52. The predicted octanol–water partition coefficient (Wildman–Crippen LogP) is 2.82. The molecule has 0 saturated heterocycles. The highest BCUT2D eigenvalue weighted by molar-refractivity contribution is 5.98. The van der Waals surface area contributed by atoms with E-state index in [2.05, 4.69) is 26.5 Å². The van der Waals surface area contributed by atoms with Crippen molar-refractivity contribution in [3.63, 3.8) is 0 Å². The van der Waals surface area contributed by atoms with Gasteiger partial charge in [0.15, 0.2) is 0 Å². The van der Waals surface area contributed by atoms with Crippen LogP contribution in [0.1, 0.15) is 11.6 Å². The standard InChI is InChI=1S/C22H24N6O2/c1-26(2)20(29)12-28-11-17(15-7-14(30-4)5-6-19(15)28)18-8-16-21-13(10-24-27(21)3)9-23-22(16)25-18/h5-11,21,24-25H,12H2,1-4H3. The van der Waals surface area contributed by atoms with E-state index in [4.69, 9.17) is 4.74 Å². The zero-order chi connectivity index (χ0) is 21.0. The normalized spacial score (nSPS) is 17.5. The van der Waals surface area contributed by atoms with Crippen LogP contribution in [0.25, 0.3) is 22.2 Å². The summed E-state index contributed by atoms with van der Waals surface area (Å²) in [5.41, 5.74) is 8.46. The van der Waals surface area contributed by atoms with Crippen LogP contribution in [0.15, 0.2) is 47.2 Å². The van der Waals surface area contributed by atoms with Crippen LogP contribution in [-0.2, 0) is 11.3 Å². The Labute approximate surface area is 174 Å². The molecule has 8 heteroatoms. The van der Waals surface area contributed by atoms with Crippen LogP contribution < -0.4 is 10.2 Å². The molecule has 1 atom stereocenters. The van der Waals surface area contributed by atoms with Crippen LogP contribution >= 0.6 is 0 Å². The lowest BCUT2D eigenvalue weighted by molar-refractivity contribution is -0.129. The number of H-pyrrole nitrogens is 1. The molecule has 30 heavy (non-hydrogen) atoms. The fourth-order valence-electron chi connectivity index (χ4n) is 4.14. The molecule has 0 saturated carbocycles. The fraction of sp³-hybridized carbons (Fsp3) is 0.273. The number of methoxy groups -OCH3 is 1. The zero-order valence-electron chi connectivity index (χ0n) is 17.4. The molecule has 8 nitrogen and oxygen atoms in total. The number of ether oxygens (including phenoxy) is 1. The number of hydrazine groups is 1. The average molecular weight is 404 g/mol. The molecule has 0 aliphatic carbocycles. The second kappa shape index (κ2) is 6.77. The van der Waals surface area contributed by atoms with Crippen molar-refractivity contribution in [1.29, 1.82) is 0 Å². The van der Waals surface area contributed by atoms with Crippen molar-refractivity contribution in [3.8, 4) is 17.0 Å². The van der Waals surface area contributed by atoms with E-state index in [-0.39, 0.29) is 18.5 Å². The number of amides is 1. The first-order chi connectivity index (χ1) is 14.5. The third-order valence-corrected chi connectivity index (χ3v) is 5.78. The summed E-state index contributed by atoms with van der Waals surface area (Å²) in [5, 5.41) is 3.09. The van der Waals surface area contributed by atoms with Gasteiger partial charge in [0, 0.05) is 73.1 Å². The van der Waals surface area contributed by atoms with Crippen LogP contribution in [-0.4, -0.2) is 59.8 Å². The lowest BCUT2D eigenvalue weighted by Gasteiger charge is -2.23. The van der Waals surface area contributed by atoms with E-state index in [0.29, 0.717) is 0 Å². The van der Waals surface area contributed by atoms with Gasteiger partial charge in [-0.2, -0.15) is 0 Å². The Morgan fingerprint density at radius 2 is 2.13 bits per heavy atom. The van der Waals surface area contributed by atoms with Gasteiger partial charge < -0.3 is 24.6 Å². The van der Waals surface area contributed by atoms with Gasteiger partial charge in [-0.3, -0.25) is 4.79 Å². The number of carbonyl (C=O) groups excluding carboxylic acids is 1. The highest BCUT2D eigenvalue weighted by Crippen LogP contribution is 2.42. The molecular formula is C22H24N6O2. The van der Waals surface area contributed by atoms with E-state index >= 15 is 0 Å². The first-order valence-corrected chi connectivity index (χ1v) is 9.79. The molecule has 0 fully saturated rings. The minimum absolute atomic E-state index is 0.0399. The van der Waals surface area contributed by atoms with Crippen molar-refractivity contribution in [2.24, 2.45) is 4.99 Å². The van der Waals surface area contributed by atoms with E-state index < -0.39 is 0 Å². The molecule has 2 aliphatic heterocycles. The monoisotopic (exact) mass is 404 g/mol. The van der Waals surface area contributed by atoms with Gasteiger partial charge in [-0.05, 0) is 24.3 Å². The van der Waals surface area contributed by atoms with E-state index in [0.717, 1.165) is 44.9 Å². The molecule has 1 unspecified atom stereocenters. The van der Waals surface area contributed by atoms with Gasteiger partial charge >= 0.3 is 0 Å². The van der Waals surface area contributed by atoms with Gasteiger partial charge in [-0.25, -0.2) is 10.0 Å². The van der Waals surface area contributed by atoms with Crippen molar-refractivity contribution < 1.29 is 9.53 Å². The van der Waals surface area contributed by atoms with Crippen LogP contribution in [0.5, 0.6) is 5.75 Å². The summed E-state index contributed by atoms with van der Waals surface area (Å²) in [6.45, 7) is 0.274. The Morgan fingerprint density at radius 3 is 2.90 bits per heavy atom. The number of benzene rings is 1. The number of nitrogens with zero attached hydrogens (tertiary/aromatic N) is 4. The molecule has 1 amide bonds. The minimum atomic E-state index is 0.0399. The number of hydrogen-bond donors (Lipinski definition) is 2. The number of nitrogens with one attached hydrogen (secondary N) is 2. The summed E-state index contributed by atoms with van der Waals surface area (Å²) in [7, 11) is 7.22. The molecule has 1 aromatic carbocycles. The Bertz CT molecular complexity index is 1220. The molecule has 5 rings (SSSR count). The number of aromatic amines is 1. The highest BCUT2D eigenvalue weighted by atomic mass is 16.5. The summed E-state index contributed by atoms with van der Waals surface area (Å²) in [6, 6.07) is 8.21. The van der Waals surface area contributed by atoms with E-state index in [1.54, 1.807) is 26.1 Å². The third kappa shape index (κ3) is 2.80. The van der Waals surface area contributed by atoms with Crippen LogP contribution in [0, 0.1) is 0 Å². The van der Waals surface area contributed by atoms with Crippen molar-refractivity contribution >= 4 is 28.8 Å². The van der Waals surface area contributed by atoms with E-state index in [1.807, 2.05) is 48.4 Å². The Morgan fingerprint density at radius 1 is 1.30 bits per heavy atom. The van der Waals surface area contributed by atoms with Crippen molar-refractivity contribution in [3.05, 3.63) is 47.8 Å². The van der Waals surface area contributed by atoms with E-state index in [1.165, 1.54) is 0 Å². The third-order valence-electron chi connectivity index (χ3n) is 5.78. The van der Waals surface area contributed by atoms with Gasteiger partial charge in [0.05, 0.1) is 13.2 Å². The molecule has 3 aromatic rings. The lowest BCUT2D eigenvalue weighted by atomic mass is 10.00. The van der Waals surface area contributed by atoms with Crippen molar-refractivity contribution in [2.75, 3.05) is 28.3 Å². The maximum Gasteiger partial charge on any atom is 0.241 e. The summed E-state index contributed by atoms with van der Waals surface area (Å²) in [4.78, 5) is 22.1. The van der Waals surface area contributed by atoms with Crippen LogP contribution in [0.4, 0.5) is 5.82 Å². The van der Waals surface area contributed by atoms with Gasteiger partial charge in [0.25, 0.3) is 0 Å². The number of likely N-dealkylation sites (N-methyl/N-ethyl adjacent to an activating group) is 2. The second-order valence-electron chi connectivity index (χ2n) is 7.87. The number of aliphatic imine (C=N–C) groups is 1. The van der Waals surface area contributed by atoms with Gasteiger partial charge in [-0.15, -0.1) is 0 Å². The van der Waals surface area contributed by atoms with Gasteiger partial charge in [0.1, 0.15) is 18.1 Å². The Kier molecular flexibility index (Phi) is 4.18. The summed E-state index contributed by atoms with van der Waals surface area (Å²) in [5.74, 6) is 1.67. The molecule has 2 aromatic heterocycles. The number of fused-ring (bicyclic) bond motifs is 4. The maximum atomic E-state index is 12.4. The SMILES string of the molecule is COc1ccc2c(c1)c(-c1cc3c([nH]1)N=CC1=CNN(C)C13)cn2CC(=O)N(C)C. The summed E-state index contributed by atoms with van der Waals surface area (Å²) in [6.07, 6.45) is 5.90. The quantitative estimate of drug-likeness (QED) is 0.701. The molecule has 0 bridgehead atoms. The molecule has 2 N–H and O–H groups in total. The molecular weight excluding hydrogens is 380 g/mol. The highest BCUT2D eigenvalue weighted by Gasteiger charge is 2.32. The van der Waals surface area contributed by atoms with Crippen LogP contribution in [0.3, 0.4) is 0 Å². The predicted molar refractivity (Wildman–Crippen MR) is 117 cm³/mol. The Balaban J connectivity index is 1.64. The molecule has 2 aliphatic rings. The number of rotatable bonds is 4. The smallest absolute Gasteiger partial charge is 0.241 e. The molecule has 0 radical (unpaired) electrons. The van der Waals surface area contributed by atoms with Crippen molar-refractivity contribution in [2.45, 2.75) is 12.6 Å². The maximum absolute atomic E-state index is 12.4. The first-order valence-electron chi connectivity index (χ1n) is 9.79. The second-order valence-corrected chi connectivity index (χ2v) is 7.87. The number of hydrogen-bond acceptors (Lipinski definition) is 5. The number of aromatic nitrogens is 2. The van der Waals surface area contributed by atoms with E-state index in [9.17, 15) is 4.79 Å². The molecule has 4 heterocycles. The van der Waals surface area contributed by atoms with Crippen LogP contribution in [0.2, 0.25) is 0 Å². The van der Waals surface area contributed by atoms with Gasteiger partial charge in [-0.1, -0.05) is 0 Å². The molecule has 154 valence electrons. The number of carbonyl (C=O) groups is 1. The summed E-state index contributed by atoms with van der Waals surface area (Å²) >= 11 is 0. The topological polar surface area (TPSA) is 77.9 Å². The minimum Gasteiger partial charge on any atom is -0.497 e. The summed E-state index contributed by atoms with van der Waals surface area (Å²) < 4.78 is 7.44. The fourth-order valence-corrected chi connectivity index (χ4v) is 4.14. The van der Waals surface area contributed by atoms with Gasteiger partial charge in [0.2, 0.25) is 5.91 Å². The lowest BCUT2D eigenvalue weighted by Crippen LogP contribution is -2.29. The first kappa shape index (κ1) is 18.5. The molecule has 0 spiro atoms.